The number of ketones is 1. The monoisotopic (exact) mass is 426 g/mol. The molecule has 0 aliphatic heterocycles. The first-order valence-electron chi connectivity index (χ1n) is 8.77. The second-order valence-electron chi connectivity index (χ2n) is 6.51. The van der Waals surface area contributed by atoms with Crippen molar-refractivity contribution >= 4 is 17.4 Å². The smallest absolute Gasteiger partial charge is 0.271 e. The van der Waals surface area contributed by atoms with Crippen LogP contribution in [0.4, 0.5) is 4.39 Å². The summed E-state index contributed by atoms with van der Waals surface area (Å²) in [5.74, 6) is -1.28. The first-order chi connectivity index (χ1) is 14.3. The van der Waals surface area contributed by atoms with Crippen LogP contribution in [0.25, 0.3) is 0 Å². The number of methoxy groups -OCH3 is 1. The number of nitrogens with zero attached hydrogens (tertiary/aromatic N) is 2. The molecule has 6 nitrogen and oxygen atoms in total. The summed E-state index contributed by atoms with van der Waals surface area (Å²) in [4.78, 5) is 25.9. The maximum atomic E-state index is 13.2. The Morgan fingerprint density at radius 3 is 2.50 bits per heavy atom. The summed E-state index contributed by atoms with van der Waals surface area (Å²) in [5, 5.41) is 20.4. The van der Waals surface area contributed by atoms with E-state index in [4.69, 9.17) is 16.3 Å². The van der Waals surface area contributed by atoms with Crippen LogP contribution in [-0.2, 0) is 6.54 Å². The fourth-order valence-electron chi connectivity index (χ4n) is 3.09. The highest BCUT2D eigenvalue weighted by Gasteiger charge is 2.25. The maximum Gasteiger partial charge on any atom is 0.271 e. The van der Waals surface area contributed by atoms with Crippen LogP contribution in [-0.4, -0.2) is 22.6 Å². The second kappa shape index (κ2) is 8.39. The second-order valence-corrected chi connectivity index (χ2v) is 6.91. The van der Waals surface area contributed by atoms with E-state index < -0.39 is 23.0 Å². The fourth-order valence-corrected chi connectivity index (χ4v) is 3.35. The lowest BCUT2D eigenvalue weighted by Gasteiger charge is -2.16. The summed E-state index contributed by atoms with van der Waals surface area (Å²) in [5.41, 5.74) is -0.483. The van der Waals surface area contributed by atoms with E-state index >= 15 is 0 Å². The number of hydrogen-bond donors (Lipinski definition) is 1. The molecule has 0 fully saturated rings. The lowest BCUT2D eigenvalue weighted by atomic mass is 9.97. The third kappa shape index (κ3) is 3.78. The molecular weight excluding hydrogens is 411 g/mol. The summed E-state index contributed by atoms with van der Waals surface area (Å²) in [7, 11) is 1.43. The number of carbonyl (C=O) groups excluding carboxylic acids is 1. The molecule has 0 aliphatic rings. The van der Waals surface area contributed by atoms with Gasteiger partial charge in [0, 0.05) is 5.56 Å². The van der Waals surface area contributed by atoms with Crippen molar-refractivity contribution in [1.29, 1.82) is 5.26 Å². The lowest BCUT2D eigenvalue weighted by molar-refractivity contribution is 0.103. The van der Waals surface area contributed by atoms with Gasteiger partial charge in [-0.1, -0.05) is 23.7 Å². The minimum Gasteiger partial charge on any atom is -0.495 e. The lowest BCUT2D eigenvalue weighted by Crippen LogP contribution is -2.27. The zero-order valence-corrected chi connectivity index (χ0v) is 16.8. The highest BCUT2D eigenvalue weighted by atomic mass is 35.5. The van der Waals surface area contributed by atoms with Gasteiger partial charge in [-0.3, -0.25) is 14.2 Å². The molecule has 0 saturated carbocycles. The van der Waals surface area contributed by atoms with Crippen LogP contribution in [0.3, 0.4) is 0 Å². The Balaban J connectivity index is 2.18. The molecule has 152 valence electrons. The molecule has 30 heavy (non-hydrogen) atoms. The minimum absolute atomic E-state index is 0.0623. The van der Waals surface area contributed by atoms with Gasteiger partial charge in [0.15, 0.2) is 5.78 Å². The summed E-state index contributed by atoms with van der Waals surface area (Å²) in [6.45, 7) is 1.27. The van der Waals surface area contributed by atoms with Crippen LogP contribution >= 0.6 is 11.6 Å². The van der Waals surface area contributed by atoms with Crippen molar-refractivity contribution in [3.8, 4) is 17.7 Å². The van der Waals surface area contributed by atoms with Gasteiger partial charge in [0.2, 0.25) is 5.88 Å². The van der Waals surface area contributed by atoms with E-state index in [1.54, 1.807) is 6.07 Å². The quantitative estimate of drug-likeness (QED) is 0.626. The molecule has 0 bridgehead atoms. The predicted octanol–water partition coefficient (Wildman–Crippen LogP) is 3.81. The third-order valence-corrected chi connectivity index (χ3v) is 4.99. The van der Waals surface area contributed by atoms with Gasteiger partial charge in [-0.25, -0.2) is 4.39 Å². The summed E-state index contributed by atoms with van der Waals surface area (Å²) in [6, 6.07) is 11.5. The molecule has 3 rings (SSSR count). The molecule has 2 aromatic carbocycles. The van der Waals surface area contributed by atoms with Gasteiger partial charge in [0.1, 0.15) is 23.2 Å². The molecule has 3 aromatic rings. The third-order valence-electron chi connectivity index (χ3n) is 4.70. The first kappa shape index (κ1) is 21.1. The van der Waals surface area contributed by atoms with Gasteiger partial charge in [0.25, 0.3) is 5.56 Å². The number of hydrogen-bond acceptors (Lipinski definition) is 5. The number of carbonyl (C=O) groups is 1. The van der Waals surface area contributed by atoms with Crippen LogP contribution < -0.4 is 10.3 Å². The Kier molecular flexibility index (Phi) is 5.90. The number of aromatic hydroxyl groups is 1. The summed E-state index contributed by atoms with van der Waals surface area (Å²) < 4.78 is 19.2. The SMILES string of the molecule is COc1ccc(C(=O)c2c(C)c(C#N)c(=O)n(Cc3ccc(F)cc3)c2O)cc1Cl. The molecule has 0 atom stereocenters. The van der Waals surface area contributed by atoms with E-state index in [9.17, 15) is 24.3 Å². The van der Waals surface area contributed by atoms with Gasteiger partial charge in [-0.2, -0.15) is 5.26 Å². The van der Waals surface area contributed by atoms with Gasteiger partial charge >= 0.3 is 0 Å². The van der Waals surface area contributed by atoms with E-state index in [2.05, 4.69) is 0 Å². The molecule has 1 N–H and O–H groups in total. The van der Waals surface area contributed by atoms with Crippen molar-refractivity contribution < 1.29 is 19.0 Å². The molecule has 0 saturated heterocycles. The van der Waals surface area contributed by atoms with Crippen LogP contribution in [0.2, 0.25) is 5.02 Å². The molecule has 0 aliphatic carbocycles. The number of nitriles is 1. The van der Waals surface area contributed by atoms with Gasteiger partial charge in [0.05, 0.1) is 24.2 Å². The van der Waals surface area contributed by atoms with E-state index in [0.717, 1.165) is 4.57 Å². The van der Waals surface area contributed by atoms with Crippen LogP contribution in [0.5, 0.6) is 11.6 Å². The van der Waals surface area contributed by atoms with Gasteiger partial charge in [-0.15, -0.1) is 0 Å². The number of benzene rings is 2. The normalized spacial score (nSPS) is 10.5. The maximum absolute atomic E-state index is 13.2. The topological polar surface area (TPSA) is 92.3 Å². The molecular formula is C22H16ClFN2O4. The van der Waals surface area contributed by atoms with E-state index in [1.807, 2.05) is 0 Å². The Labute approximate surface area is 176 Å². The molecule has 1 heterocycles. The number of rotatable bonds is 5. The Hall–Kier alpha value is -3.63. The highest BCUT2D eigenvalue weighted by Crippen LogP contribution is 2.29. The van der Waals surface area contributed by atoms with Crippen LogP contribution in [0, 0.1) is 24.1 Å². The van der Waals surface area contributed by atoms with Crippen LogP contribution in [0.1, 0.15) is 32.6 Å². The first-order valence-corrected chi connectivity index (χ1v) is 9.15. The zero-order valence-electron chi connectivity index (χ0n) is 16.1. The molecule has 0 amide bonds. The summed E-state index contributed by atoms with van der Waals surface area (Å²) in [6.07, 6.45) is 0. The van der Waals surface area contributed by atoms with Crippen molar-refractivity contribution in [2.24, 2.45) is 0 Å². The fraction of sp³-hybridized carbons (Fsp3) is 0.136. The Morgan fingerprint density at radius 2 is 1.93 bits per heavy atom. The van der Waals surface area contributed by atoms with Crippen molar-refractivity contribution in [2.75, 3.05) is 7.11 Å². The molecule has 8 heteroatoms. The van der Waals surface area contributed by atoms with E-state index in [0.29, 0.717) is 11.3 Å². The van der Waals surface area contributed by atoms with Crippen LogP contribution in [0.15, 0.2) is 47.3 Å². The van der Waals surface area contributed by atoms with Crippen molar-refractivity contribution in [2.45, 2.75) is 13.5 Å². The number of ether oxygens (including phenoxy) is 1. The van der Waals surface area contributed by atoms with E-state index in [-0.39, 0.29) is 33.8 Å². The predicted molar refractivity (Wildman–Crippen MR) is 109 cm³/mol. The Bertz CT molecular complexity index is 1240. The van der Waals surface area contributed by atoms with Crippen molar-refractivity contribution in [3.63, 3.8) is 0 Å². The molecule has 0 unspecified atom stereocenters. The molecule has 0 radical (unpaired) electrons. The van der Waals surface area contributed by atoms with E-state index in [1.165, 1.54) is 56.5 Å². The Morgan fingerprint density at radius 1 is 1.27 bits per heavy atom. The number of pyridine rings is 1. The highest BCUT2D eigenvalue weighted by molar-refractivity contribution is 6.32. The average molecular weight is 427 g/mol. The number of halogens is 2. The van der Waals surface area contributed by atoms with Gasteiger partial charge in [-0.05, 0) is 48.4 Å². The average Bonchev–Trinajstić information content (AvgIpc) is 2.72. The minimum atomic E-state index is -0.749. The zero-order chi connectivity index (χ0) is 22.0. The molecule has 1 aromatic heterocycles. The number of aromatic nitrogens is 1. The summed E-state index contributed by atoms with van der Waals surface area (Å²) >= 11 is 6.10. The van der Waals surface area contributed by atoms with Crippen molar-refractivity contribution in [3.05, 3.63) is 91.5 Å². The standard InChI is InChI=1S/C22H16ClFN2O4/c1-12-16(10-25)21(28)26(11-13-3-6-15(24)7-4-13)22(29)19(12)20(27)14-5-8-18(30-2)17(23)9-14/h3-9,29H,11H2,1-2H3. The molecule has 0 spiro atoms. The van der Waals surface area contributed by atoms with Gasteiger partial charge < -0.3 is 9.84 Å². The van der Waals surface area contributed by atoms with Crippen molar-refractivity contribution in [1.82, 2.24) is 4.57 Å². The largest absolute Gasteiger partial charge is 0.495 e.